The van der Waals surface area contributed by atoms with E-state index in [1.807, 2.05) is 6.92 Å². The van der Waals surface area contributed by atoms with Crippen molar-refractivity contribution in [1.82, 2.24) is 0 Å². The van der Waals surface area contributed by atoms with Gasteiger partial charge in [0.05, 0.1) is 15.4 Å². The van der Waals surface area contributed by atoms with Crippen molar-refractivity contribution in [1.29, 1.82) is 0 Å². The highest BCUT2D eigenvalue weighted by atomic mass is 32.2. The molecule has 3 N–H and O–H groups in total. The Kier molecular flexibility index (Phi) is 3.44. The molecule has 20 heavy (non-hydrogen) atoms. The van der Waals surface area contributed by atoms with Crippen LogP contribution in [0.3, 0.4) is 0 Å². The first kappa shape index (κ1) is 14.7. The Bertz CT molecular complexity index is 652. The fourth-order valence-electron chi connectivity index (χ4n) is 2.15. The van der Waals surface area contributed by atoms with Crippen LogP contribution in [0.25, 0.3) is 0 Å². The van der Waals surface area contributed by atoms with E-state index >= 15 is 0 Å². The zero-order valence-corrected chi connectivity index (χ0v) is 11.6. The standard InChI is InChI=1S/C11H15N3O5S/c1-2-11(15)6-13(7-11)9-4-3-8(20(12,18)19)5-10(9)14(16)17/h3-5,15H,2,6-7H2,1H3,(H2,12,18,19). The van der Waals surface area contributed by atoms with E-state index in [1.54, 1.807) is 4.90 Å². The van der Waals surface area contributed by atoms with Gasteiger partial charge in [0.2, 0.25) is 10.0 Å². The van der Waals surface area contributed by atoms with Crippen LogP contribution in [0.5, 0.6) is 0 Å². The number of hydrogen-bond acceptors (Lipinski definition) is 6. The highest BCUT2D eigenvalue weighted by Crippen LogP contribution is 2.36. The van der Waals surface area contributed by atoms with Gasteiger partial charge in [-0.1, -0.05) is 6.92 Å². The number of primary sulfonamides is 1. The molecule has 1 saturated heterocycles. The minimum Gasteiger partial charge on any atom is -0.386 e. The van der Waals surface area contributed by atoms with Crippen LogP contribution >= 0.6 is 0 Å². The Morgan fingerprint density at radius 2 is 2.10 bits per heavy atom. The summed E-state index contributed by atoms with van der Waals surface area (Å²) in [5.74, 6) is 0. The molecule has 0 atom stereocenters. The molecule has 0 spiro atoms. The number of benzene rings is 1. The van der Waals surface area contributed by atoms with Gasteiger partial charge < -0.3 is 10.0 Å². The maximum Gasteiger partial charge on any atom is 0.293 e. The van der Waals surface area contributed by atoms with Gasteiger partial charge >= 0.3 is 0 Å². The van der Waals surface area contributed by atoms with Crippen molar-refractivity contribution in [2.24, 2.45) is 5.14 Å². The number of β-amino-alcohol motifs (C(OH)–C–C–N with tert-alkyl or cyclic N) is 1. The molecule has 0 radical (unpaired) electrons. The largest absolute Gasteiger partial charge is 0.386 e. The van der Waals surface area contributed by atoms with Gasteiger partial charge in [-0.25, -0.2) is 13.6 Å². The smallest absolute Gasteiger partial charge is 0.293 e. The Hall–Kier alpha value is -1.71. The van der Waals surface area contributed by atoms with E-state index in [0.717, 1.165) is 6.07 Å². The molecular weight excluding hydrogens is 286 g/mol. The van der Waals surface area contributed by atoms with Crippen molar-refractivity contribution in [3.8, 4) is 0 Å². The fraction of sp³-hybridized carbons (Fsp3) is 0.455. The van der Waals surface area contributed by atoms with Crippen molar-refractivity contribution < 1.29 is 18.4 Å². The number of anilines is 1. The fourth-order valence-corrected chi connectivity index (χ4v) is 2.69. The number of nitro benzene ring substituents is 1. The molecule has 0 aromatic heterocycles. The summed E-state index contributed by atoms with van der Waals surface area (Å²) in [6.45, 7) is 2.38. The molecule has 1 aliphatic heterocycles. The molecule has 0 saturated carbocycles. The summed E-state index contributed by atoms with van der Waals surface area (Å²) in [5, 5.41) is 26.0. The summed E-state index contributed by atoms with van der Waals surface area (Å²) in [4.78, 5) is 11.7. The summed E-state index contributed by atoms with van der Waals surface area (Å²) in [6.07, 6.45) is 0.548. The van der Waals surface area contributed by atoms with Gasteiger partial charge in [0.15, 0.2) is 0 Å². The minimum atomic E-state index is -3.99. The van der Waals surface area contributed by atoms with Crippen LogP contribution < -0.4 is 10.0 Å². The third-order valence-electron chi connectivity index (χ3n) is 3.44. The molecular formula is C11H15N3O5S. The van der Waals surface area contributed by atoms with Crippen molar-refractivity contribution in [2.45, 2.75) is 23.8 Å². The lowest BCUT2D eigenvalue weighted by Gasteiger charge is -2.47. The molecule has 1 aromatic rings. The molecule has 1 aromatic carbocycles. The second-order valence-corrected chi connectivity index (χ2v) is 6.45. The van der Waals surface area contributed by atoms with E-state index in [4.69, 9.17) is 5.14 Å². The molecule has 0 bridgehead atoms. The molecule has 1 aliphatic rings. The summed E-state index contributed by atoms with van der Waals surface area (Å²) in [5.41, 5.74) is -0.901. The summed E-state index contributed by atoms with van der Waals surface area (Å²) in [7, 11) is -3.99. The quantitative estimate of drug-likeness (QED) is 0.604. The lowest BCUT2D eigenvalue weighted by atomic mass is 9.90. The van der Waals surface area contributed by atoms with Crippen molar-refractivity contribution in [3.63, 3.8) is 0 Å². The summed E-state index contributed by atoms with van der Waals surface area (Å²) < 4.78 is 22.4. The van der Waals surface area contributed by atoms with E-state index in [9.17, 15) is 23.6 Å². The Morgan fingerprint density at radius 3 is 2.55 bits per heavy atom. The topological polar surface area (TPSA) is 127 Å². The van der Waals surface area contributed by atoms with E-state index in [0.29, 0.717) is 6.42 Å². The average molecular weight is 301 g/mol. The number of hydrogen-bond donors (Lipinski definition) is 2. The maximum atomic E-state index is 11.2. The monoisotopic (exact) mass is 301 g/mol. The average Bonchev–Trinajstić information content (AvgIpc) is 2.33. The Labute approximate surface area is 116 Å². The number of nitro groups is 1. The van der Waals surface area contributed by atoms with Gasteiger partial charge in [0, 0.05) is 19.2 Å². The second-order valence-electron chi connectivity index (χ2n) is 4.89. The van der Waals surface area contributed by atoms with E-state index in [-0.39, 0.29) is 29.4 Å². The molecule has 2 rings (SSSR count). The number of aliphatic hydroxyl groups is 1. The molecule has 0 amide bonds. The van der Waals surface area contributed by atoms with Crippen LogP contribution in [-0.2, 0) is 10.0 Å². The second kappa shape index (κ2) is 4.69. The van der Waals surface area contributed by atoms with Crippen LogP contribution in [0.1, 0.15) is 13.3 Å². The number of sulfonamides is 1. The normalized spacial score (nSPS) is 17.6. The minimum absolute atomic E-state index is 0.277. The third-order valence-corrected chi connectivity index (χ3v) is 4.35. The molecule has 9 heteroatoms. The molecule has 1 heterocycles. The van der Waals surface area contributed by atoms with Gasteiger partial charge in [-0.3, -0.25) is 10.1 Å². The zero-order valence-electron chi connectivity index (χ0n) is 10.8. The maximum absolute atomic E-state index is 11.2. The predicted octanol–water partition coefficient (Wildman–Crippen LogP) is 0.203. The first-order chi connectivity index (χ1) is 9.16. The first-order valence-corrected chi connectivity index (χ1v) is 7.49. The molecule has 0 aliphatic carbocycles. The SMILES string of the molecule is CCC1(O)CN(c2ccc(S(N)(=O)=O)cc2[N+](=O)[O-])C1. The number of nitrogens with zero attached hydrogens (tertiary/aromatic N) is 2. The molecule has 8 nitrogen and oxygen atoms in total. The van der Waals surface area contributed by atoms with Crippen molar-refractivity contribution in [2.75, 3.05) is 18.0 Å². The zero-order chi connectivity index (χ0) is 15.1. The van der Waals surface area contributed by atoms with Gasteiger partial charge in [-0.2, -0.15) is 0 Å². The van der Waals surface area contributed by atoms with Crippen molar-refractivity contribution in [3.05, 3.63) is 28.3 Å². The van der Waals surface area contributed by atoms with E-state index in [1.165, 1.54) is 12.1 Å². The number of nitrogens with two attached hydrogens (primary N) is 1. The molecule has 0 unspecified atom stereocenters. The van der Waals surface area contributed by atoms with E-state index < -0.39 is 20.5 Å². The predicted molar refractivity (Wildman–Crippen MR) is 71.9 cm³/mol. The summed E-state index contributed by atoms with van der Waals surface area (Å²) >= 11 is 0. The highest BCUT2D eigenvalue weighted by Gasteiger charge is 2.41. The Balaban J connectivity index is 2.38. The van der Waals surface area contributed by atoms with Crippen molar-refractivity contribution >= 4 is 21.4 Å². The van der Waals surface area contributed by atoms with Gasteiger partial charge in [0.25, 0.3) is 5.69 Å². The third kappa shape index (κ3) is 2.60. The first-order valence-electron chi connectivity index (χ1n) is 5.95. The van der Waals surface area contributed by atoms with Gasteiger partial charge in [-0.05, 0) is 18.6 Å². The van der Waals surface area contributed by atoms with Gasteiger partial charge in [-0.15, -0.1) is 0 Å². The van der Waals surface area contributed by atoms with Crippen LogP contribution in [0.15, 0.2) is 23.1 Å². The molecule has 1 fully saturated rings. The highest BCUT2D eigenvalue weighted by molar-refractivity contribution is 7.89. The summed E-state index contributed by atoms with van der Waals surface area (Å²) in [6, 6.07) is 3.50. The van der Waals surface area contributed by atoms with E-state index in [2.05, 4.69) is 0 Å². The number of rotatable bonds is 4. The van der Waals surface area contributed by atoms with Crippen LogP contribution in [-0.4, -0.2) is 37.1 Å². The lowest BCUT2D eigenvalue weighted by Crippen LogP contribution is -2.61. The van der Waals surface area contributed by atoms with Crippen LogP contribution in [0, 0.1) is 10.1 Å². The lowest BCUT2D eigenvalue weighted by molar-refractivity contribution is -0.384. The van der Waals surface area contributed by atoms with Gasteiger partial charge in [0.1, 0.15) is 5.69 Å². The molecule has 110 valence electrons. The van der Waals surface area contributed by atoms with Crippen LogP contribution in [0.2, 0.25) is 0 Å². The Morgan fingerprint density at radius 1 is 1.50 bits per heavy atom. The van der Waals surface area contributed by atoms with Crippen LogP contribution in [0.4, 0.5) is 11.4 Å².